The molecule has 2 rings (SSSR count). The highest BCUT2D eigenvalue weighted by molar-refractivity contribution is 9.10. The molecule has 0 aliphatic carbocycles. The van der Waals surface area contributed by atoms with Crippen molar-refractivity contribution in [2.24, 2.45) is 0 Å². The van der Waals surface area contributed by atoms with Gasteiger partial charge in [0.2, 0.25) is 5.91 Å². The summed E-state index contributed by atoms with van der Waals surface area (Å²) >= 11 is 3.43. The third-order valence-corrected chi connectivity index (χ3v) is 4.50. The molecular weight excluding hydrogens is 384 g/mol. The van der Waals surface area contributed by atoms with E-state index >= 15 is 0 Å². The van der Waals surface area contributed by atoms with Crippen molar-refractivity contribution in [3.63, 3.8) is 0 Å². The number of aromatic amines is 1. The number of benzene rings is 1. The number of amides is 2. The van der Waals surface area contributed by atoms with Gasteiger partial charge < -0.3 is 10.6 Å². The highest BCUT2D eigenvalue weighted by atomic mass is 79.9. The number of nitrogens with one attached hydrogen (secondary N) is 3. The number of carbonyl (C=O) groups excluding carboxylic acids is 2. The first kappa shape index (κ1) is 19.2. The summed E-state index contributed by atoms with van der Waals surface area (Å²) in [5.74, 6) is 0.0159. The van der Waals surface area contributed by atoms with E-state index in [9.17, 15) is 9.59 Å². The van der Waals surface area contributed by atoms with Crippen molar-refractivity contribution in [2.75, 3.05) is 5.32 Å². The van der Waals surface area contributed by atoms with Gasteiger partial charge in [-0.2, -0.15) is 5.10 Å². The molecule has 1 aromatic carbocycles. The minimum Gasteiger partial charge on any atom is -0.347 e. The van der Waals surface area contributed by atoms with Gasteiger partial charge in [0.05, 0.1) is 10.2 Å². The van der Waals surface area contributed by atoms with E-state index in [2.05, 4.69) is 36.8 Å². The number of halogens is 1. The number of rotatable bonds is 7. The molecular formula is C18H23BrN4O2. The number of aromatic nitrogens is 2. The molecule has 0 spiro atoms. The molecule has 0 bridgehead atoms. The molecule has 0 aliphatic heterocycles. The van der Waals surface area contributed by atoms with E-state index in [-0.39, 0.29) is 17.7 Å². The predicted octanol–water partition coefficient (Wildman–Crippen LogP) is 3.96. The lowest BCUT2D eigenvalue weighted by atomic mass is 10.1. The molecule has 0 saturated heterocycles. The lowest BCUT2D eigenvalue weighted by Crippen LogP contribution is -2.23. The zero-order chi connectivity index (χ0) is 18.4. The summed E-state index contributed by atoms with van der Waals surface area (Å²) in [6.45, 7) is 6.41. The lowest BCUT2D eigenvalue weighted by Gasteiger charge is -2.07. The van der Waals surface area contributed by atoms with Crippen LogP contribution in [0, 0.1) is 0 Å². The van der Waals surface area contributed by atoms with Gasteiger partial charge in [0, 0.05) is 18.7 Å². The first-order valence-electron chi connectivity index (χ1n) is 8.33. The largest absolute Gasteiger partial charge is 0.347 e. The molecule has 25 heavy (non-hydrogen) atoms. The van der Waals surface area contributed by atoms with E-state index in [0.29, 0.717) is 23.1 Å². The molecule has 0 unspecified atom stereocenters. The van der Waals surface area contributed by atoms with Gasteiger partial charge in [-0.3, -0.25) is 14.7 Å². The Morgan fingerprint density at radius 2 is 1.92 bits per heavy atom. The first-order valence-corrected chi connectivity index (χ1v) is 9.12. The van der Waals surface area contributed by atoms with Gasteiger partial charge >= 0.3 is 0 Å². The fourth-order valence-electron chi connectivity index (χ4n) is 2.30. The zero-order valence-corrected chi connectivity index (χ0v) is 16.2. The predicted molar refractivity (Wildman–Crippen MR) is 102 cm³/mol. The number of hydrogen-bond acceptors (Lipinski definition) is 3. The average Bonchev–Trinajstić information content (AvgIpc) is 2.96. The molecule has 0 fully saturated rings. The summed E-state index contributed by atoms with van der Waals surface area (Å²) in [4.78, 5) is 23.8. The Kier molecular flexibility index (Phi) is 6.75. The quantitative estimate of drug-likeness (QED) is 0.649. The third-order valence-electron chi connectivity index (χ3n) is 3.69. The van der Waals surface area contributed by atoms with E-state index in [1.54, 1.807) is 0 Å². The minimum absolute atomic E-state index is 0.00731. The summed E-state index contributed by atoms with van der Waals surface area (Å²) < 4.78 is 0.703. The van der Waals surface area contributed by atoms with Crippen molar-refractivity contribution in [3.8, 4) is 0 Å². The van der Waals surface area contributed by atoms with Crippen LogP contribution in [-0.2, 0) is 11.3 Å². The Hall–Kier alpha value is -2.15. The summed E-state index contributed by atoms with van der Waals surface area (Å²) in [7, 11) is 0. The molecule has 7 heteroatoms. The molecule has 0 aliphatic rings. The molecule has 2 aromatic rings. The maximum atomic E-state index is 12.3. The second-order valence-corrected chi connectivity index (χ2v) is 6.93. The smallest absolute Gasteiger partial charge is 0.273 e. The van der Waals surface area contributed by atoms with Crippen LogP contribution in [0.2, 0.25) is 0 Å². The van der Waals surface area contributed by atoms with Crippen molar-refractivity contribution in [2.45, 2.75) is 46.1 Å². The van der Waals surface area contributed by atoms with Crippen molar-refractivity contribution in [1.82, 2.24) is 15.5 Å². The fourth-order valence-corrected chi connectivity index (χ4v) is 3.11. The Bertz CT molecular complexity index is 738. The number of carbonyl (C=O) groups is 2. The summed E-state index contributed by atoms with van der Waals surface area (Å²) in [5, 5.41) is 12.7. The number of hydrogen-bond donors (Lipinski definition) is 3. The zero-order valence-electron chi connectivity index (χ0n) is 14.6. The standard InChI is InChI=1S/C18H23BrN4O2/c1-4-5-14(24)21-13-8-6-12(7-9-13)10-20-18(25)17-15(19)16(11(2)3)22-23-17/h6-9,11H,4-5,10H2,1-3H3,(H,20,25)(H,21,24)(H,22,23). The normalized spacial score (nSPS) is 10.8. The Morgan fingerprint density at radius 3 is 2.48 bits per heavy atom. The number of anilines is 1. The van der Waals surface area contributed by atoms with Gasteiger partial charge in [-0.05, 0) is 46.0 Å². The highest BCUT2D eigenvalue weighted by Gasteiger charge is 2.18. The van der Waals surface area contributed by atoms with Crippen LogP contribution in [0.5, 0.6) is 0 Å². The van der Waals surface area contributed by atoms with Gasteiger partial charge in [-0.25, -0.2) is 0 Å². The molecule has 134 valence electrons. The molecule has 1 heterocycles. The maximum absolute atomic E-state index is 12.3. The molecule has 3 N–H and O–H groups in total. The van der Waals surface area contributed by atoms with Gasteiger partial charge in [0.1, 0.15) is 0 Å². The fraction of sp³-hybridized carbons (Fsp3) is 0.389. The van der Waals surface area contributed by atoms with E-state index in [1.807, 2.05) is 45.0 Å². The van der Waals surface area contributed by atoms with Crippen LogP contribution in [0.25, 0.3) is 0 Å². The second-order valence-electron chi connectivity index (χ2n) is 6.13. The Morgan fingerprint density at radius 1 is 1.24 bits per heavy atom. The van der Waals surface area contributed by atoms with Crippen LogP contribution in [0.15, 0.2) is 28.7 Å². The maximum Gasteiger partial charge on any atom is 0.273 e. The van der Waals surface area contributed by atoms with Crippen LogP contribution in [0.3, 0.4) is 0 Å². The molecule has 2 amide bonds. The molecule has 1 aromatic heterocycles. The van der Waals surface area contributed by atoms with Crippen molar-refractivity contribution >= 4 is 33.4 Å². The summed E-state index contributed by atoms with van der Waals surface area (Å²) in [5.41, 5.74) is 2.95. The van der Waals surface area contributed by atoms with E-state index in [1.165, 1.54) is 0 Å². The van der Waals surface area contributed by atoms with E-state index in [0.717, 1.165) is 23.4 Å². The van der Waals surface area contributed by atoms with Crippen LogP contribution in [-0.4, -0.2) is 22.0 Å². The Balaban J connectivity index is 1.93. The lowest BCUT2D eigenvalue weighted by molar-refractivity contribution is -0.116. The van der Waals surface area contributed by atoms with Gasteiger partial charge in [0.25, 0.3) is 5.91 Å². The topological polar surface area (TPSA) is 86.9 Å². The van der Waals surface area contributed by atoms with Gasteiger partial charge in [0.15, 0.2) is 5.69 Å². The number of nitrogens with zero attached hydrogens (tertiary/aromatic N) is 1. The van der Waals surface area contributed by atoms with Crippen LogP contribution in [0.4, 0.5) is 5.69 Å². The Labute approximate surface area is 155 Å². The first-order chi connectivity index (χ1) is 11.9. The molecule has 0 atom stereocenters. The van der Waals surface area contributed by atoms with Crippen molar-refractivity contribution < 1.29 is 9.59 Å². The van der Waals surface area contributed by atoms with Crippen LogP contribution < -0.4 is 10.6 Å². The minimum atomic E-state index is -0.240. The van der Waals surface area contributed by atoms with Crippen molar-refractivity contribution in [3.05, 3.63) is 45.7 Å². The highest BCUT2D eigenvalue weighted by Crippen LogP contribution is 2.25. The van der Waals surface area contributed by atoms with Gasteiger partial charge in [-0.1, -0.05) is 32.9 Å². The third kappa shape index (κ3) is 5.16. The molecule has 0 saturated carbocycles. The van der Waals surface area contributed by atoms with Crippen LogP contribution >= 0.6 is 15.9 Å². The van der Waals surface area contributed by atoms with E-state index in [4.69, 9.17) is 0 Å². The summed E-state index contributed by atoms with van der Waals surface area (Å²) in [6, 6.07) is 7.41. The number of H-pyrrole nitrogens is 1. The molecule has 0 radical (unpaired) electrons. The SMILES string of the molecule is CCCC(=O)Nc1ccc(CNC(=O)c2n[nH]c(C(C)C)c2Br)cc1. The monoisotopic (exact) mass is 406 g/mol. The van der Waals surface area contributed by atoms with E-state index < -0.39 is 0 Å². The van der Waals surface area contributed by atoms with Gasteiger partial charge in [-0.15, -0.1) is 0 Å². The second kappa shape index (κ2) is 8.80. The summed E-state index contributed by atoms with van der Waals surface area (Å²) in [6.07, 6.45) is 1.33. The van der Waals surface area contributed by atoms with Crippen molar-refractivity contribution in [1.29, 1.82) is 0 Å². The average molecular weight is 407 g/mol. The molecule has 6 nitrogen and oxygen atoms in total. The van der Waals surface area contributed by atoms with Crippen LogP contribution in [0.1, 0.15) is 61.3 Å².